The third kappa shape index (κ3) is 20.9. The van der Waals surface area contributed by atoms with Gasteiger partial charge in [0.25, 0.3) is 0 Å². The third-order valence-corrected chi connectivity index (χ3v) is 13.8. The van der Waals surface area contributed by atoms with E-state index in [1.807, 2.05) is 20.8 Å². The predicted molar refractivity (Wildman–Crippen MR) is 315 cm³/mol. The number of ether oxygens (including phenoxy) is 1. The van der Waals surface area contributed by atoms with E-state index in [0.717, 1.165) is 109 Å². The summed E-state index contributed by atoms with van der Waals surface area (Å²) in [6, 6.07) is 16.1. The molecular formula is C54H62Cl5F7N14O4. The molecule has 6 aromatic heterocycles. The number of hydrogen-bond acceptors (Lipinski definition) is 16. The minimum atomic E-state index is -1.25. The highest BCUT2D eigenvalue weighted by molar-refractivity contribution is 6.34. The van der Waals surface area contributed by atoms with Crippen LogP contribution >= 0.6 is 58.8 Å². The lowest BCUT2D eigenvalue weighted by Gasteiger charge is -2.32. The fourth-order valence-corrected chi connectivity index (χ4v) is 7.59. The smallest absolute Gasteiger partial charge is 0.412 e. The van der Waals surface area contributed by atoms with Crippen molar-refractivity contribution in [3.05, 3.63) is 134 Å². The van der Waals surface area contributed by atoms with Gasteiger partial charge in [0.15, 0.2) is 0 Å². The minimum absolute atomic E-state index is 0. The van der Waals surface area contributed by atoms with E-state index >= 15 is 0 Å². The first-order valence-electron chi connectivity index (χ1n) is 26.2. The van der Waals surface area contributed by atoms with E-state index < -0.39 is 64.3 Å². The molecule has 0 spiro atoms. The normalized spacial score (nSPS) is 15.0. The summed E-state index contributed by atoms with van der Waals surface area (Å²) in [5.41, 5.74) is 5.03. The summed E-state index contributed by atoms with van der Waals surface area (Å²) in [6.07, 6.45) is 6.23. The predicted octanol–water partition coefficient (Wildman–Crippen LogP) is 12.2. The maximum atomic E-state index is 13.7. The molecule has 0 aliphatic carbocycles. The second-order valence-electron chi connectivity index (χ2n) is 19.7. The summed E-state index contributed by atoms with van der Waals surface area (Å²) in [4.78, 5) is 53.6. The lowest BCUT2D eigenvalue weighted by atomic mass is 10.2. The number of rotatable bonds is 7. The molecule has 12 rings (SSSR count). The Kier molecular flexibility index (Phi) is 26.4. The highest BCUT2D eigenvalue weighted by Crippen LogP contribution is 2.32. The molecule has 0 saturated carbocycles. The number of hydrogen-bond donors (Lipinski definition) is 4. The average Bonchev–Trinajstić information content (AvgIpc) is 2.48. The highest BCUT2D eigenvalue weighted by Gasteiger charge is 2.25. The van der Waals surface area contributed by atoms with Crippen LogP contribution in [0.3, 0.4) is 0 Å². The summed E-state index contributed by atoms with van der Waals surface area (Å²) in [6.45, 7) is 16.7. The Hall–Kier alpha value is -6.64. The monoisotopic (exact) mass is 1280 g/mol. The summed E-state index contributed by atoms with van der Waals surface area (Å²) < 4.78 is 94.0. The number of carbonyl (C=O) groups is 2. The molecule has 0 atom stereocenters. The minimum Gasteiger partial charge on any atom is -0.478 e. The number of aromatic carboxylic acids is 1. The van der Waals surface area contributed by atoms with Gasteiger partial charge in [-0.15, -0.1) is 12.4 Å². The molecule has 6 aromatic rings. The van der Waals surface area contributed by atoms with Crippen molar-refractivity contribution in [1.29, 1.82) is 0 Å². The second-order valence-corrected chi connectivity index (χ2v) is 21.3. The van der Waals surface area contributed by atoms with Crippen LogP contribution in [0.2, 0.25) is 20.1 Å². The van der Waals surface area contributed by atoms with Gasteiger partial charge >= 0.3 is 12.1 Å². The number of pyridine rings is 6. The standard InChI is InChI=1S/C13H17ClFN3O2.C9H8ClFN2O2.C8H9ClFN3.C8H8ClFN2.C8H9FN2.C5H3F2N.C3H7N.ClH/c1-13(2,3)20-12(19)16-8-7-9(18-5-4-6-18)17-11(15)10(8)14;10-7-5(9(14)15)4-6(12-8(7)11)13-2-1-3-13;9-7-5(11)4-6(12-8(7)10)13-2-1-3-13;9-6-2-3-7(11-8(6)10)12-4-1-5-12;9-7-3-1-4-8(10-7)11-5-2-6-11;6-4-2-1-3-5(7)8-4;1-2-4-3-1;/h7H,4-6H2,1-3H3,(H,16,17,19);4H,1-3H2,(H,14,15);4H,1-3H2,(H2,11,12);2-3H,1,4-5H2;1,3-4H,2,5-6H2;1-3H;4H,1-3H2;1H. The Labute approximate surface area is 507 Å². The molecule has 1 amide bonds. The van der Waals surface area contributed by atoms with Crippen molar-refractivity contribution in [3.63, 3.8) is 0 Å². The molecule has 84 heavy (non-hydrogen) atoms. The molecule has 456 valence electrons. The molecule has 18 nitrogen and oxygen atoms in total. The second kappa shape index (κ2) is 32.6. The zero-order valence-electron chi connectivity index (χ0n) is 45.8. The van der Waals surface area contributed by atoms with Crippen molar-refractivity contribution < 1.29 is 50.2 Å². The van der Waals surface area contributed by atoms with Crippen LogP contribution in [0.4, 0.5) is 76.0 Å². The Morgan fingerprint density at radius 1 is 0.536 bits per heavy atom. The van der Waals surface area contributed by atoms with Crippen molar-refractivity contribution >= 4 is 111 Å². The summed E-state index contributed by atoms with van der Waals surface area (Å²) in [5, 5.41) is 13.7. The Balaban J connectivity index is 0.000000184. The molecular weight excluding hydrogens is 1220 g/mol. The van der Waals surface area contributed by atoms with Crippen LogP contribution in [0, 0.1) is 41.6 Å². The number of carboxylic acids is 1. The van der Waals surface area contributed by atoms with Gasteiger partial charge < -0.3 is 45.4 Å². The highest BCUT2D eigenvalue weighted by atomic mass is 35.5. The number of anilines is 7. The molecule has 6 fully saturated rings. The van der Waals surface area contributed by atoms with Gasteiger partial charge in [-0.1, -0.05) is 58.5 Å². The molecule has 6 saturated heterocycles. The molecule has 0 aromatic carbocycles. The fourth-order valence-electron chi connectivity index (χ4n) is 7.07. The number of nitrogens with two attached hydrogens (primary N) is 1. The molecule has 12 heterocycles. The van der Waals surface area contributed by atoms with Crippen LogP contribution in [0.25, 0.3) is 0 Å². The summed E-state index contributed by atoms with van der Waals surface area (Å²) >= 11 is 22.3. The number of nitrogens with zero attached hydrogens (tertiary/aromatic N) is 11. The average molecular weight is 1280 g/mol. The molecule has 0 bridgehead atoms. The first kappa shape index (κ1) is 68.1. The van der Waals surface area contributed by atoms with E-state index in [9.17, 15) is 40.3 Å². The van der Waals surface area contributed by atoms with Gasteiger partial charge in [0.05, 0.1) is 22.0 Å². The molecule has 30 heteroatoms. The van der Waals surface area contributed by atoms with Gasteiger partial charge in [0.1, 0.15) is 49.8 Å². The number of amides is 1. The van der Waals surface area contributed by atoms with Gasteiger partial charge in [-0.2, -0.15) is 35.7 Å². The summed E-state index contributed by atoms with van der Waals surface area (Å²) in [7, 11) is 0. The van der Waals surface area contributed by atoms with Gasteiger partial charge in [-0.3, -0.25) is 5.32 Å². The largest absolute Gasteiger partial charge is 0.478 e. The lowest BCUT2D eigenvalue weighted by molar-refractivity contribution is 0.0634. The molecule has 0 radical (unpaired) electrons. The van der Waals surface area contributed by atoms with Gasteiger partial charge in [0.2, 0.25) is 41.6 Å². The topological polar surface area (TPSA) is 207 Å². The van der Waals surface area contributed by atoms with Gasteiger partial charge in [-0.25, -0.2) is 34.5 Å². The maximum absolute atomic E-state index is 13.7. The molecule has 5 N–H and O–H groups in total. The zero-order valence-corrected chi connectivity index (χ0v) is 49.7. The van der Waals surface area contributed by atoms with Crippen LogP contribution in [0.15, 0.2) is 66.7 Å². The molecule has 6 aliphatic rings. The van der Waals surface area contributed by atoms with Crippen molar-refractivity contribution in [1.82, 2.24) is 35.2 Å². The van der Waals surface area contributed by atoms with Crippen LogP contribution in [-0.2, 0) is 4.74 Å². The number of halogens is 12. The van der Waals surface area contributed by atoms with E-state index in [-0.39, 0.29) is 44.4 Å². The van der Waals surface area contributed by atoms with Crippen LogP contribution < -0.4 is 40.9 Å². The van der Waals surface area contributed by atoms with E-state index in [2.05, 4.69) is 45.4 Å². The van der Waals surface area contributed by atoms with E-state index in [1.54, 1.807) is 49.9 Å². The van der Waals surface area contributed by atoms with Gasteiger partial charge in [0, 0.05) is 77.6 Å². The van der Waals surface area contributed by atoms with Crippen molar-refractivity contribution in [2.75, 3.05) is 114 Å². The van der Waals surface area contributed by atoms with E-state index in [1.165, 1.54) is 50.2 Å². The SMILES string of the molecule is C1CNC1.CC(C)(C)OC(=O)Nc1cc(N2CCC2)nc(F)c1Cl.Cl.Fc1cccc(F)n1.Fc1cccc(N2CCC2)n1.Fc1nc(N2CCC2)ccc1Cl.Nc1cc(N2CCC2)nc(F)c1Cl.O=C(O)c1cc(N2CCC2)nc(F)c1Cl. The van der Waals surface area contributed by atoms with Crippen LogP contribution in [0.1, 0.15) is 69.7 Å². The number of aromatic nitrogens is 6. The van der Waals surface area contributed by atoms with Crippen LogP contribution in [0.5, 0.6) is 0 Å². The number of carbonyl (C=O) groups excluding carboxylic acids is 1. The maximum Gasteiger partial charge on any atom is 0.412 e. The first-order chi connectivity index (χ1) is 39.5. The number of carboxylic acid groups (broad SMARTS) is 1. The van der Waals surface area contributed by atoms with E-state index in [4.69, 9.17) is 62.0 Å². The van der Waals surface area contributed by atoms with Crippen molar-refractivity contribution in [2.24, 2.45) is 0 Å². The van der Waals surface area contributed by atoms with Crippen molar-refractivity contribution in [3.8, 4) is 0 Å². The first-order valence-corrected chi connectivity index (χ1v) is 27.7. The lowest BCUT2D eigenvalue weighted by Crippen LogP contribution is -2.37. The Morgan fingerprint density at radius 2 is 0.917 bits per heavy atom. The number of nitrogens with one attached hydrogen (secondary N) is 2. The van der Waals surface area contributed by atoms with Gasteiger partial charge in [-0.05, 0) is 115 Å². The Bertz CT molecular complexity index is 3100. The fraction of sp³-hybridized carbons (Fsp3) is 0.407. The quantitative estimate of drug-likeness (QED) is 0.0866. The summed E-state index contributed by atoms with van der Waals surface area (Å²) in [5.74, 6) is -3.41. The van der Waals surface area contributed by atoms with E-state index in [0.29, 0.717) is 23.3 Å². The molecule has 6 aliphatic heterocycles. The Morgan fingerprint density at radius 3 is 1.29 bits per heavy atom. The zero-order chi connectivity index (χ0) is 60.4. The van der Waals surface area contributed by atoms with Crippen molar-refractivity contribution in [2.45, 2.75) is 64.9 Å². The third-order valence-electron chi connectivity index (χ3n) is 12.4. The molecule has 0 unspecified atom stereocenters. The number of nitrogen functional groups attached to an aromatic ring is 1. The van der Waals surface area contributed by atoms with Crippen LogP contribution in [-0.4, -0.2) is 131 Å².